The molecule has 0 fully saturated rings. The van der Waals surface area contributed by atoms with Gasteiger partial charge in [0, 0.05) is 15.9 Å². The van der Waals surface area contributed by atoms with E-state index in [1.165, 1.54) is 6.07 Å². The molecule has 2 N–H and O–H groups in total. The minimum atomic E-state index is -4.00. The van der Waals surface area contributed by atoms with Crippen molar-refractivity contribution in [2.45, 2.75) is 4.90 Å². The Hall–Kier alpha value is -2.20. The fourth-order valence-electron chi connectivity index (χ4n) is 2.66. The maximum Gasteiger partial charge on any atom is 0.238 e. The zero-order valence-corrected chi connectivity index (χ0v) is 14.5. The Bertz CT molecular complexity index is 959. The number of hydrogen-bond donors (Lipinski definition) is 1. The highest BCUT2D eigenvalue weighted by Gasteiger charge is 2.33. The first kappa shape index (κ1) is 16.7. The fourth-order valence-corrected chi connectivity index (χ4v) is 6.78. The second-order valence-electron chi connectivity index (χ2n) is 5.29. The maximum atomic E-state index is 14.2. The van der Waals surface area contributed by atoms with E-state index in [0.717, 1.165) is 0 Å². The predicted octanol–water partition coefficient (Wildman–Crippen LogP) is 1.97. The lowest BCUT2D eigenvalue weighted by Gasteiger charge is -2.21. The number of benzene rings is 3. The van der Waals surface area contributed by atoms with Crippen molar-refractivity contribution in [2.75, 3.05) is 0 Å². The first-order valence-corrected chi connectivity index (χ1v) is 10.5. The first-order valence-electron chi connectivity index (χ1n) is 7.28. The number of sulfonamides is 1. The molecule has 122 valence electrons. The molecule has 0 saturated heterocycles. The Morgan fingerprint density at radius 3 is 1.54 bits per heavy atom. The molecule has 0 radical (unpaired) electrons. The monoisotopic (exact) mass is 357 g/mol. The second kappa shape index (κ2) is 6.36. The Morgan fingerprint density at radius 2 is 1.08 bits per heavy atom. The average Bonchev–Trinajstić information content (AvgIpc) is 2.62. The summed E-state index contributed by atoms with van der Waals surface area (Å²) in [4.78, 5) is -0.110. The van der Waals surface area contributed by atoms with E-state index < -0.39 is 17.2 Å². The largest absolute Gasteiger partial charge is 0.309 e. The summed E-state index contributed by atoms with van der Waals surface area (Å²) in [7, 11) is -7.37. The predicted molar refractivity (Wildman–Crippen MR) is 97.2 cm³/mol. The molecule has 3 aromatic carbocycles. The van der Waals surface area contributed by atoms with Gasteiger partial charge in [0.15, 0.2) is 7.14 Å². The third-order valence-corrected chi connectivity index (χ3v) is 7.99. The van der Waals surface area contributed by atoms with E-state index >= 15 is 0 Å². The Labute approximate surface area is 141 Å². The molecular weight excluding hydrogens is 341 g/mol. The first-order chi connectivity index (χ1) is 11.4. The molecule has 0 aliphatic carbocycles. The molecule has 0 saturated carbocycles. The zero-order chi connectivity index (χ0) is 17.2. The van der Waals surface area contributed by atoms with Gasteiger partial charge in [0.05, 0.1) is 4.90 Å². The summed E-state index contributed by atoms with van der Waals surface area (Å²) in [6, 6.07) is 24.0. The molecule has 3 rings (SSSR count). The van der Waals surface area contributed by atoms with Gasteiger partial charge >= 0.3 is 0 Å². The minimum absolute atomic E-state index is 0.110. The van der Waals surface area contributed by atoms with Crippen molar-refractivity contribution in [3.8, 4) is 0 Å². The van der Waals surface area contributed by atoms with Gasteiger partial charge in [-0.05, 0) is 12.1 Å². The number of rotatable bonds is 4. The SMILES string of the molecule is NS(=O)(=O)c1ccccc1P(=O)(c1ccccc1)c1ccccc1. The van der Waals surface area contributed by atoms with Crippen LogP contribution in [-0.2, 0) is 14.6 Å². The molecule has 24 heavy (non-hydrogen) atoms. The Kier molecular flexibility index (Phi) is 4.41. The van der Waals surface area contributed by atoms with Gasteiger partial charge in [-0.2, -0.15) is 0 Å². The van der Waals surface area contributed by atoms with E-state index in [1.807, 2.05) is 12.1 Å². The van der Waals surface area contributed by atoms with Crippen LogP contribution in [0.3, 0.4) is 0 Å². The lowest BCUT2D eigenvalue weighted by Crippen LogP contribution is -2.30. The van der Waals surface area contributed by atoms with Crippen LogP contribution < -0.4 is 21.1 Å². The minimum Gasteiger partial charge on any atom is -0.309 e. The van der Waals surface area contributed by atoms with Crippen LogP contribution in [0.4, 0.5) is 0 Å². The Balaban J connectivity index is 2.40. The summed E-state index contributed by atoms with van der Waals surface area (Å²) >= 11 is 0. The molecule has 0 aromatic heterocycles. The fraction of sp³-hybridized carbons (Fsp3) is 0. The van der Waals surface area contributed by atoms with Crippen molar-refractivity contribution in [1.29, 1.82) is 0 Å². The van der Waals surface area contributed by atoms with E-state index in [1.54, 1.807) is 66.7 Å². The summed E-state index contributed by atoms with van der Waals surface area (Å²) in [6.07, 6.45) is 0. The molecule has 0 bridgehead atoms. The van der Waals surface area contributed by atoms with E-state index in [4.69, 9.17) is 5.14 Å². The summed E-state index contributed by atoms with van der Waals surface area (Å²) in [5, 5.41) is 6.71. The third-order valence-electron chi connectivity index (χ3n) is 3.75. The Morgan fingerprint density at radius 1 is 0.667 bits per heavy atom. The summed E-state index contributed by atoms with van der Waals surface area (Å²) in [5.74, 6) is 0. The van der Waals surface area contributed by atoms with Gasteiger partial charge in [-0.3, -0.25) is 0 Å². The summed E-state index contributed by atoms with van der Waals surface area (Å²) in [5.41, 5.74) is 0. The quantitative estimate of drug-likeness (QED) is 0.725. The summed E-state index contributed by atoms with van der Waals surface area (Å²) in [6.45, 7) is 0. The molecule has 0 heterocycles. The molecular formula is C18H16NO3PS. The van der Waals surface area contributed by atoms with Gasteiger partial charge in [0.25, 0.3) is 0 Å². The van der Waals surface area contributed by atoms with Crippen molar-refractivity contribution in [3.05, 3.63) is 84.9 Å². The van der Waals surface area contributed by atoms with Crippen molar-refractivity contribution in [2.24, 2.45) is 5.14 Å². The molecule has 0 atom stereocenters. The van der Waals surface area contributed by atoms with Gasteiger partial charge < -0.3 is 4.57 Å². The molecule has 0 spiro atoms. The van der Waals surface area contributed by atoms with Crippen molar-refractivity contribution in [3.63, 3.8) is 0 Å². The number of primary sulfonamides is 1. The summed E-state index contributed by atoms with van der Waals surface area (Å²) < 4.78 is 38.2. The number of hydrogen-bond acceptors (Lipinski definition) is 3. The molecule has 0 unspecified atom stereocenters. The van der Waals surface area contributed by atoms with Crippen LogP contribution in [0.2, 0.25) is 0 Å². The van der Waals surface area contributed by atoms with Crippen molar-refractivity contribution >= 4 is 33.1 Å². The van der Waals surface area contributed by atoms with Gasteiger partial charge in [0.2, 0.25) is 10.0 Å². The van der Waals surface area contributed by atoms with Gasteiger partial charge in [0.1, 0.15) is 0 Å². The maximum absolute atomic E-state index is 14.2. The molecule has 3 aromatic rings. The highest BCUT2D eigenvalue weighted by molar-refractivity contribution is 7.91. The smallest absolute Gasteiger partial charge is 0.238 e. The van der Waals surface area contributed by atoms with Gasteiger partial charge in [-0.15, -0.1) is 0 Å². The molecule has 0 aliphatic rings. The van der Waals surface area contributed by atoms with E-state index in [2.05, 4.69) is 0 Å². The lowest BCUT2D eigenvalue weighted by atomic mass is 10.3. The van der Waals surface area contributed by atoms with E-state index in [9.17, 15) is 13.0 Å². The average molecular weight is 357 g/mol. The molecule has 0 aliphatic heterocycles. The highest BCUT2D eigenvalue weighted by atomic mass is 32.2. The van der Waals surface area contributed by atoms with E-state index in [-0.39, 0.29) is 10.2 Å². The normalized spacial score (nSPS) is 12.0. The van der Waals surface area contributed by atoms with Crippen LogP contribution in [-0.4, -0.2) is 8.42 Å². The number of nitrogens with two attached hydrogens (primary N) is 1. The highest BCUT2D eigenvalue weighted by Crippen LogP contribution is 2.43. The van der Waals surface area contributed by atoms with Crippen LogP contribution in [0.25, 0.3) is 0 Å². The van der Waals surface area contributed by atoms with Crippen LogP contribution in [0.1, 0.15) is 0 Å². The lowest BCUT2D eigenvalue weighted by molar-refractivity contribution is 0.589. The standard InChI is InChI=1S/C18H16NO3PS/c19-24(21,22)18-14-8-7-13-17(18)23(20,15-9-3-1-4-10-15)16-11-5-2-6-12-16/h1-14H,(H2,19,21,22). The van der Waals surface area contributed by atoms with Crippen molar-refractivity contribution in [1.82, 2.24) is 0 Å². The van der Waals surface area contributed by atoms with Crippen LogP contribution in [0.5, 0.6) is 0 Å². The van der Waals surface area contributed by atoms with Crippen LogP contribution in [0.15, 0.2) is 89.8 Å². The molecule has 4 nitrogen and oxygen atoms in total. The third kappa shape index (κ3) is 2.94. The van der Waals surface area contributed by atoms with E-state index in [0.29, 0.717) is 10.6 Å². The van der Waals surface area contributed by atoms with Gasteiger partial charge in [-0.1, -0.05) is 72.8 Å². The topological polar surface area (TPSA) is 77.2 Å². The zero-order valence-electron chi connectivity index (χ0n) is 12.7. The molecule has 6 heteroatoms. The van der Waals surface area contributed by atoms with Crippen LogP contribution in [0, 0.1) is 0 Å². The van der Waals surface area contributed by atoms with Crippen LogP contribution >= 0.6 is 7.14 Å². The van der Waals surface area contributed by atoms with Crippen molar-refractivity contribution < 1.29 is 13.0 Å². The second-order valence-corrected chi connectivity index (χ2v) is 9.56. The van der Waals surface area contributed by atoms with Gasteiger partial charge in [-0.25, -0.2) is 13.6 Å². The molecule has 0 amide bonds.